The SMILES string of the molecule is CN(/C(F)=C/c1ccccc1)S(C)(=O)=O. The van der Waals surface area contributed by atoms with Crippen LogP contribution in [-0.2, 0) is 10.0 Å². The maximum absolute atomic E-state index is 13.4. The van der Waals surface area contributed by atoms with Crippen molar-refractivity contribution in [3.05, 3.63) is 41.8 Å². The zero-order chi connectivity index (χ0) is 11.5. The fourth-order valence-corrected chi connectivity index (χ4v) is 1.31. The molecule has 5 heteroatoms. The molecule has 1 aromatic carbocycles. The average molecular weight is 229 g/mol. The van der Waals surface area contributed by atoms with Crippen molar-refractivity contribution in [1.82, 2.24) is 4.31 Å². The van der Waals surface area contributed by atoms with Crippen LogP contribution in [0, 0.1) is 0 Å². The van der Waals surface area contributed by atoms with Gasteiger partial charge in [-0.05, 0) is 11.6 Å². The fraction of sp³-hybridized carbons (Fsp3) is 0.200. The second-order valence-corrected chi connectivity index (χ2v) is 5.12. The molecule has 15 heavy (non-hydrogen) atoms. The second-order valence-electron chi connectivity index (χ2n) is 3.11. The van der Waals surface area contributed by atoms with Gasteiger partial charge in [-0.25, -0.2) is 12.7 Å². The van der Waals surface area contributed by atoms with Crippen LogP contribution in [0.3, 0.4) is 0 Å². The number of halogens is 1. The molecule has 3 nitrogen and oxygen atoms in total. The van der Waals surface area contributed by atoms with E-state index in [9.17, 15) is 12.8 Å². The van der Waals surface area contributed by atoms with Crippen LogP contribution in [0.5, 0.6) is 0 Å². The molecule has 82 valence electrons. The molecule has 0 saturated carbocycles. The number of hydrogen-bond acceptors (Lipinski definition) is 2. The van der Waals surface area contributed by atoms with E-state index in [1.807, 2.05) is 0 Å². The van der Waals surface area contributed by atoms with Crippen molar-refractivity contribution in [1.29, 1.82) is 0 Å². The summed E-state index contributed by atoms with van der Waals surface area (Å²) in [7, 11) is -2.36. The van der Waals surface area contributed by atoms with Gasteiger partial charge in [0.1, 0.15) is 0 Å². The Morgan fingerprint density at radius 1 is 1.33 bits per heavy atom. The van der Waals surface area contributed by atoms with Gasteiger partial charge in [-0.3, -0.25) is 0 Å². The zero-order valence-corrected chi connectivity index (χ0v) is 9.33. The highest BCUT2D eigenvalue weighted by molar-refractivity contribution is 7.88. The Kier molecular flexibility index (Phi) is 3.47. The predicted octanol–water partition coefficient (Wildman–Crippen LogP) is 1.85. The Bertz CT molecular complexity index is 454. The Balaban J connectivity index is 2.95. The summed E-state index contributed by atoms with van der Waals surface area (Å²) in [4.78, 5) is 0. The summed E-state index contributed by atoms with van der Waals surface area (Å²) in [6.45, 7) is 0. The minimum absolute atomic E-state index is 0.597. The van der Waals surface area contributed by atoms with Crippen molar-refractivity contribution in [3.63, 3.8) is 0 Å². The normalized spacial score (nSPS) is 12.6. The molecule has 0 radical (unpaired) electrons. The van der Waals surface area contributed by atoms with Gasteiger partial charge in [0, 0.05) is 7.05 Å². The topological polar surface area (TPSA) is 37.4 Å². The van der Waals surface area contributed by atoms with Crippen molar-refractivity contribution in [2.24, 2.45) is 0 Å². The summed E-state index contributed by atoms with van der Waals surface area (Å²) in [6, 6.07) is 8.68. The summed E-state index contributed by atoms with van der Waals surface area (Å²) >= 11 is 0. The van der Waals surface area contributed by atoms with Crippen LogP contribution < -0.4 is 0 Å². The van der Waals surface area contributed by atoms with Gasteiger partial charge >= 0.3 is 0 Å². The maximum Gasteiger partial charge on any atom is 0.233 e. The van der Waals surface area contributed by atoms with E-state index >= 15 is 0 Å². The molecule has 0 amide bonds. The first-order chi connectivity index (χ1) is 6.91. The molecular weight excluding hydrogens is 217 g/mol. The molecule has 0 heterocycles. The number of hydrogen-bond donors (Lipinski definition) is 0. The third-order valence-corrected chi connectivity index (χ3v) is 3.05. The van der Waals surface area contributed by atoms with Crippen LogP contribution in [-0.4, -0.2) is 26.0 Å². The lowest BCUT2D eigenvalue weighted by Gasteiger charge is -2.13. The highest BCUT2D eigenvalue weighted by atomic mass is 32.2. The van der Waals surface area contributed by atoms with Gasteiger partial charge < -0.3 is 0 Å². The van der Waals surface area contributed by atoms with Crippen LogP contribution >= 0.6 is 0 Å². The first kappa shape index (κ1) is 11.7. The minimum atomic E-state index is -3.53. The van der Waals surface area contributed by atoms with Gasteiger partial charge in [0.25, 0.3) is 0 Å². The molecule has 0 N–H and O–H groups in total. The quantitative estimate of drug-likeness (QED) is 0.742. The third kappa shape index (κ3) is 3.36. The summed E-state index contributed by atoms with van der Waals surface area (Å²) in [5, 5.41) is 0. The molecule has 0 fully saturated rings. The monoisotopic (exact) mass is 229 g/mol. The summed E-state index contributed by atoms with van der Waals surface area (Å²) in [6.07, 6.45) is 2.12. The Labute approximate surface area is 88.9 Å². The van der Waals surface area contributed by atoms with E-state index in [2.05, 4.69) is 0 Å². The van der Waals surface area contributed by atoms with Crippen molar-refractivity contribution in [3.8, 4) is 0 Å². The van der Waals surface area contributed by atoms with Gasteiger partial charge in [-0.15, -0.1) is 0 Å². The Morgan fingerprint density at radius 3 is 2.33 bits per heavy atom. The van der Waals surface area contributed by atoms with E-state index in [0.717, 1.165) is 6.26 Å². The number of rotatable bonds is 3. The van der Waals surface area contributed by atoms with Crippen LogP contribution in [0.25, 0.3) is 6.08 Å². The molecule has 1 rings (SSSR count). The number of sulfonamides is 1. The van der Waals surface area contributed by atoms with Crippen LogP contribution in [0.2, 0.25) is 0 Å². The minimum Gasteiger partial charge on any atom is -0.249 e. The Morgan fingerprint density at radius 2 is 1.87 bits per heavy atom. The van der Waals surface area contributed by atoms with E-state index in [4.69, 9.17) is 0 Å². The molecular formula is C10H12FNO2S. The zero-order valence-electron chi connectivity index (χ0n) is 8.51. The van der Waals surface area contributed by atoms with Gasteiger partial charge in [0.05, 0.1) is 6.26 Å². The standard InChI is InChI=1S/C10H12FNO2S/c1-12(15(2,13)14)10(11)8-9-6-4-3-5-7-9/h3-8H,1-2H3/b10-8+. The highest BCUT2D eigenvalue weighted by Gasteiger charge is 2.13. The molecule has 0 saturated heterocycles. The van der Waals surface area contributed by atoms with E-state index < -0.39 is 16.0 Å². The van der Waals surface area contributed by atoms with E-state index in [1.54, 1.807) is 30.3 Å². The molecule has 0 aliphatic carbocycles. The number of benzene rings is 1. The first-order valence-corrected chi connectivity index (χ1v) is 6.12. The van der Waals surface area contributed by atoms with Crippen molar-refractivity contribution in [2.45, 2.75) is 0 Å². The lowest BCUT2D eigenvalue weighted by molar-refractivity contribution is 0.437. The number of nitrogens with zero attached hydrogens (tertiary/aromatic N) is 1. The molecule has 0 bridgehead atoms. The summed E-state index contributed by atoms with van der Waals surface area (Å²) in [5.41, 5.74) is 0.616. The predicted molar refractivity (Wildman–Crippen MR) is 58.1 cm³/mol. The fourth-order valence-electron chi connectivity index (χ4n) is 0.936. The summed E-state index contributed by atoms with van der Waals surface area (Å²) in [5.74, 6) is -0.802. The van der Waals surface area contributed by atoms with Crippen LogP contribution in [0.4, 0.5) is 4.39 Å². The lowest BCUT2D eigenvalue weighted by atomic mass is 10.2. The molecule has 1 aromatic rings. The third-order valence-electron chi connectivity index (χ3n) is 1.88. The molecule has 0 aliphatic rings. The average Bonchev–Trinajstić information content (AvgIpc) is 2.16. The molecule has 0 unspecified atom stereocenters. The van der Waals surface area contributed by atoms with Crippen molar-refractivity contribution < 1.29 is 12.8 Å². The van der Waals surface area contributed by atoms with E-state index in [1.165, 1.54) is 13.1 Å². The largest absolute Gasteiger partial charge is 0.249 e. The lowest BCUT2D eigenvalue weighted by Crippen LogP contribution is -2.22. The molecule has 0 aliphatic heterocycles. The Hall–Kier alpha value is -1.36. The van der Waals surface area contributed by atoms with Crippen molar-refractivity contribution in [2.75, 3.05) is 13.3 Å². The maximum atomic E-state index is 13.4. The second kappa shape index (κ2) is 4.44. The molecule has 0 atom stereocenters. The van der Waals surface area contributed by atoms with Gasteiger partial charge in [-0.2, -0.15) is 4.39 Å². The van der Waals surface area contributed by atoms with Gasteiger partial charge in [-0.1, -0.05) is 30.3 Å². The molecule has 0 aromatic heterocycles. The van der Waals surface area contributed by atoms with Gasteiger partial charge in [0.2, 0.25) is 16.0 Å². The highest BCUT2D eigenvalue weighted by Crippen LogP contribution is 2.12. The van der Waals surface area contributed by atoms with E-state index in [0.29, 0.717) is 9.87 Å². The summed E-state index contributed by atoms with van der Waals surface area (Å²) < 4.78 is 36.0. The van der Waals surface area contributed by atoms with E-state index in [-0.39, 0.29) is 0 Å². The van der Waals surface area contributed by atoms with Crippen LogP contribution in [0.1, 0.15) is 5.56 Å². The first-order valence-electron chi connectivity index (χ1n) is 4.27. The smallest absolute Gasteiger partial charge is 0.233 e. The van der Waals surface area contributed by atoms with Crippen LogP contribution in [0.15, 0.2) is 36.3 Å². The van der Waals surface area contributed by atoms with Gasteiger partial charge in [0.15, 0.2) is 0 Å². The molecule has 0 spiro atoms. The van der Waals surface area contributed by atoms with Crippen molar-refractivity contribution >= 4 is 16.1 Å².